The zero-order valence-corrected chi connectivity index (χ0v) is 11.7. The van der Waals surface area contributed by atoms with Crippen LogP contribution in [0.25, 0.3) is 0 Å². The molecule has 0 saturated carbocycles. The number of esters is 1. The maximum Gasteiger partial charge on any atom is 0.325 e. The van der Waals surface area contributed by atoms with E-state index >= 15 is 0 Å². The molecular weight excluding hydrogens is 230 g/mol. The molecule has 0 aliphatic heterocycles. The molecule has 1 rings (SSSR count). The first-order valence-corrected chi connectivity index (χ1v) is 6.35. The van der Waals surface area contributed by atoms with Gasteiger partial charge < -0.3 is 10.1 Å². The van der Waals surface area contributed by atoms with Crippen molar-refractivity contribution in [2.45, 2.75) is 45.7 Å². The van der Waals surface area contributed by atoms with Gasteiger partial charge in [-0.1, -0.05) is 6.92 Å². The van der Waals surface area contributed by atoms with Gasteiger partial charge in [-0.2, -0.15) is 5.10 Å². The number of nitrogens with zero attached hydrogens (tertiary/aromatic N) is 2. The number of nitrogens with one attached hydrogen (secondary N) is 1. The minimum atomic E-state index is -0.607. The lowest BCUT2D eigenvalue weighted by Gasteiger charge is -2.27. The number of aromatic nitrogens is 2. The summed E-state index contributed by atoms with van der Waals surface area (Å²) in [7, 11) is 1.43. The predicted molar refractivity (Wildman–Crippen MR) is 70.3 cm³/mol. The lowest BCUT2D eigenvalue weighted by atomic mass is 9.95. The van der Waals surface area contributed by atoms with Crippen LogP contribution in [-0.4, -0.2) is 34.9 Å². The molecule has 18 heavy (non-hydrogen) atoms. The second-order valence-corrected chi connectivity index (χ2v) is 4.65. The molecule has 0 aromatic carbocycles. The summed E-state index contributed by atoms with van der Waals surface area (Å²) in [5.74, 6) is -0.207. The molecule has 102 valence electrons. The molecule has 0 aliphatic carbocycles. The standard InChI is InChI=1S/C13H23N3O2/c1-5-14-13(3,12(17)18-4)8-6-10-16-11(2)7-9-15-16/h7,9,14H,5-6,8,10H2,1-4H3. The molecule has 0 saturated heterocycles. The van der Waals surface area contributed by atoms with Gasteiger partial charge in [-0.3, -0.25) is 9.48 Å². The van der Waals surface area contributed by atoms with E-state index in [-0.39, 0.29) is 5.97 Å². The van der Waals surface area contributed by atoms with E-state index in [1.807, 2.05) is 31.5 Å². The van der Waals surface area contributed by atoms with Crippen molar-refractivity contribution in [1.29, 1.82) is 0 Å². The minimum absolute atomic E-state index is 0.207. The highest BCUT2D eigenvalue weighted by atomic mass is 16.5. The summed E-state index contributed by atoms with van der Waals surface area (Å²) in [5, 5.41) is 7.43. The largest absolute Gasteiger partial charge is 0.468 e. The van der Waals surface area contributed by atoms with Gasteiger partial charge in [0.2, 0.25) is 0 Å². The van der Waals surface area contributed by atoms with Gasteiger partial charge in [0.05, 0.1) is 7.11 Å². The average molecular weight is 253 g/mol. The number of hydrogen-bond donors (Lipinski definition) is 1. The van der Waals surface area contributed by atoms with E-state index < -0.39 is 5.54 Å². The third-order valence-corrected chi connectivity index (χ3v) is 3.18. The molecule has 1 aromatic heterocycles. The van der Waals surface area contributed by atoms with Crippen molar-refractivity contribution in [3.8, 4) is 0 Å². The van der Waals surface area contributed by atoms with Gasteiger partial charge in [-0.05, 0) is 39.3 Å². The van der Waals surface area contributed by atoms with Crippen molar-refractivity contribution < 1.29 is 9.53 Å². The van der Waals surface area contributed by atoms with Crippen molar-refractivity contribution >= 4 is 5.97 Å². The first-order valence-electron chi connectivity index (χ1n) is 6.35. The van der Waals surface area contributed by atoms with Crippen molar-refractivity contribution in [3.63, 3.8) is 0 Å². The van der Waals surface area contributed by atoms with Crippen LogP contribution in [0.3, 0.4) is 0 Å². The fourth-order valence-electron chi connectivity index (χ4n) is 2.09. The number of methoxy groups -OCH3 is 1. The van der Waals surface area contributed by atoms with E-state index in [0.29, 0.717) is 0 Å². The van der Waals surface area contributed by atoms with Crippen LogP contribution in [0.4, 0.5) is 0 Å². The predicted octanol–water partition coefficient (Wildman–Crippen LogP) is 1.51. The van der Waals surface area contributed by atoms with Gasteiger partial charge >= 0.3 is 5.97 Å². The van der Waals surface area contributed by atoms with Crippen molar-refractivity contribution in [2.24, 2.45) is 0 Å². The number of ether oxygens (including phenoxy) is 1. The molecule has 1 N–H and O–H groups in total. The maximum absolute atomic E-state index is 11.8. The van der Waals surface area contributed by atoms with Gasteiger partial charge in [-0.25, -0.2) is 0 Å². The number of carbonyl (C=O) groups is 1. The van der Waals surface area contributed by atoms with Gasteiger partial charge in [-0.15, -0.1) is 0 Å². The molecule has 1 aromatic rings. The van der Waals surface area contributed by atoms with E-state index in [0.717, 1.165) is 31.6 Å². The molecule has 0 amide bonds. The maximum atomic E-state index is 11.8. The van der Waals surface area contributed by atoms with Gasteiger partial charge in [0.25, 0.3) is 0 Å². The Morgan fingerprint density at radius 1 is 1.61 bits per heavy atom. The van der Waals surface area contributed by atoms with Crippen molar-refractivity contribution in [3.05, 3.63) is 18.0 Å². The number of aryl methyl sites for hydroxylation is 2. The quantitative estimate of drug-likeness (QED) is 0.748. The zero-order chi connectivity index (χ0) is 13.6. The van der Waals surface area contributed by atoms with Crippen molar-refractivity contribution in [2.75, 3.05) is 13.7 Å². The molecule has 0 aliphatic rings. The first-order chi connectivity index (χ1) is 8.53. The second kappa shape index (κ2) is 6.54. The fourth-order valence-corrected chi connectivity index (χ4v) is 2.09. The normalized spacial score (nSPS) is 14.2. The average Bonchev–Trinajstić information content (AvgIpc) is 2.74. The monoisotopic (exact) mass is 253 g/mol. The molecule has 5 heteroatoms. The summed E-state index contributed by atoms with van der Waals surface area (Å²) in [6.07, 6.45) is 3.40. The second-order valence-electron chi connectivity index (χ2n) is 4.65. The highest BCUT2D eigenvalue weighted by Gasteiger charge is 2.32. The Balaban J connectivity index is 2.53. The van der Waals surface area contributed by atoms with Crippen LogP contribution in [0, 0.1) is 6.92 Å². The Bertz CT molecular complexity index is 389. The summed E-state index contributed by atoms with van der Waals surface area (Å²) >= 11 is 0. The van der Waals surface area contributed by atoms with Crippen LogP contribution in [0.15, 0.2) is 12.3 Å². The van der Waals surface area contributed by atoms with Crippen LogP contribution in [0.1, 0.15) is 32.4 Å². The summed E-state index contributed by atoms with van der Waals surface area (Å²) in [4.78, 5) is 11.8. The molecule has 5 nitrogen and oxygen atoms in total. The summed E-state index contributed by atoms with van der Waals surface area (Å²) in [6.45, 7) is 7.46. The smallest absolute Gasteiger partial charge is 0.325 e. The van der Waals surface area contributed by atoms with Gasteiger partial charge in [0.15, 0.2) is 0 Å². The molecule has 0 fully saturated rings. The lowest BCUT2D eigenvalue weighted by Crippen LogP contribution is -2.50. The topological polar surface area (TPSA) is 56.2 Å². The van der Waals surface area contributed by atoms with Crippen LogP contribution >= 0.6 is 0 Å². The zero-order valence-electron chi connectivity index (χ0n) is 11.7. The molecule has 0 radical (unpaired) electrons. The van der Waals surface area contributed by atoms with E-state index in [1.54, 1.807) is 6.20 Å². The third-order valence-electron chi connectivity index (χ3n) is 3.18. The third kappa shape index (κ3) is 3.57. The van der Waals surface area contributed by atoms with Crippen molar-refractivity contribution in [1.82, 2.24) is 15.1 Å². The van der Waals surface area contributed by atoms with E-state index in [9.17, 15) is 4.79 Å². The van der Waals surface area contributed by atoms with E-state index in [4.69, 9.17) is 4.74 Å². The number of likely N-dealkylation sites (N-methyl/N-ethyl adjacent to an activating group) is 1. The molecule has 1 heterocycles. The first kappa shape index (κ1) is 14.7. The highest BCUT2D eigenvalue weighted by molar-refractivity contribution is 5.80. The van der Waals surface area contributed by atoms with E-state index in [1.165, 1.54) is 7.11 Å². The number of hydrogen-bond acceptors (Lipinski definition) is 4. The Morgan fingerprint density at radius 3 is 2.83 bits per heavy atom. The van der Waals surface area contributed by atoms with E-state index in [2.05, 4.69) is 10.4 Å². The lowest BCUT2D eigenvalue weighted by molar-refractivity contribution is -0.148. The van der Waals surface area contributed by atoms with Crippen LogP contribution in [0.2, 0.25) is 0 Å². The summed E-state index contributed by atoms with van der Waals surface area (Å²) in [6, 6.07) is 1.98. The summed E-state index contributed by atoms with van der Waals surface area (Å²) in [5.41, 5.74) is 0.531. The highest BCUT2D eigenvalue weighted by Crippen LogP contribution is 2.15. The van der Waals surface area contributed by atoms with Crippen LogP contribution in [-0.2, 0) is 16.1 Å². The SMILES string of the molecule is CCNC(C)(CCCn1nccc1C)C(=O)OC. The molecule has 1 atom stereocenters. The summed E-state index contributed by atoms with van der Waals surface area (Å²) < 4.78 is 6.80. The minimum Gasteiger partial charge on any atom is -0.468 e. The fraction of sp³-hybridized carbons (Fsp3) is 0.692. The molecule has 0 bridgehead atoms. The molecule has 0 spiro atoms. The molecular formula is C13H23N3O2. The number of rotatable bonds is 7. The Kier molecular flexibility index (Phi) is 5.34. The number of carbonyl (C=O) groups excluding carboxylic acids is 1. The van der Waals surface area contributed by atoms with Gasteiger partial charge in [0.1, 0.15) is 5.54 Å². The Labute approximate surface area is 109 Å². The Hall–Kier alpha value is -1.36. The Morgan fingerprint density at radius 2 is 2.33 bits per heavy atom. The van der Waals surface area contributed by atoms with Gasteiger partial charge in [0, 0.05) is 18.4 Å². The van der Waals surface area contributed by atoms with Crippen LogP contribution < -0.4 is 5.32 Å². The molecule has 1 unspecified atom stereocenters. The van der Waals surface area contributed by atoms with Crippen LogP contribution in [0.5, 0.6) is 0 Å².